The molecule has 0 aliphatic carbocycles. The van der Waals surface area contributed by atoms with Crippen LogP contribution < -0.4 is 15.8 Å². The summed E-state index contributed by atoms with van der Waals surface area (Å²) in [6, 6.07) is 0.260. The van der Waals surface area contributed by atoms with Gasteiger partial charge < -0.3 is 25.4 Å². The summed E-state index contributed by atoms with van der Waals surface area (Å²) in [5, 5.41) is 3.29. The molecule has 0 bridgehead atoms. The van der Waals surface area contributed by atoms with E-state index < -0.39 is 40.7 Å². The third-order valence-electron chi connectivity index (χ3n) is 6.49. The molecule has 1 aromatic rings. The number of nitrogens with one attached hydrogen (secondary N) is 1. The van der Waals surface area contributed by atoms with Crippen molar-refractivity contribution in [1.82, 2.24) is 10.2 Å². The predicted octanol–water partition coefficient (Wildman–Crippen LogP) is 1.77. The molecule has 0 unspecified atom stereocenters. The number of primary amides is 1. The Morgan fingerprint density at radius 1 is 1.34 bits per heavy atom. The monoisotopic (exact) mass is 447 g/mol. The zero-order chi connectivity index (χ0) is 23.3. The minimum absolute atomic E-state index is 0.0328. The molecule has 0 saturated carbocycles. The first-order chi connectivity index (χ1) is 15.0. The van der Waals surface area contributed by atoms with E-state index in [-0.39, 0.29) is 24.9 Å². The minimum Gasteiger partial charge on any atom is -0.492 e. The molecule has 0 aromatic heterocycles. The van der Waals surface area contributed by atoms with Crippen LogP contribution in [0.1, 0.15) is 67.9 Å². The van der Waals surface area contributed by atoms with Crippen LogP contribution in [0.3, 0.4) is 0 Å². The van der Waals surface area contributed by atoms with Gasteiger partial charge in [0, 0.05) is 23.0 Å². The quantitative estimate of drug-likeness (QED) is 0.666. The van der Waals surface area contributed by atoms with Crippen LogP contribution in [0.5, 0.6) is 5.75 Å². The first kappa shape index (κ1) is 22.5. The van der Waals surface area contributed by atoms with Crippen LogP contribution in [-0.4, -0.2) is 54.0 Å². The maximum Gasteiger partial charge on any atom is 0.306 e. The third kappa shape index (κ3) is 3.94. The van der Waals surface area contributed by atoms with E-state index in [1.54, 1.807) is 20.8 Å². The summed E-state index contributed by atoms with van der Waals surface area (Å²) in [6.07, 6.45) is 1.48. The zero-order valence-corrected chi connectivity index (χ0v) is 18.8. The average Bonchev–Trinajstić information content (AvgIpc) is 3.21. The number of hydrogen-bond acceptors (Lipinski definition) is 6. The van der Waals surface area contributed by atoms with E-state index in [0.29, 0.717) is 23.5 Å². The van der Waals surface area contributed by atoms with E-state index >= 15 is 4.39 Å². The van der Waals surface area contributed by atoms with Crippen molar-refractivity contribution in [3.8, 4) is 5.75 Å². The fraction of sp³-hybridized carbons (Fsp3) is 0.609. The number of amides is 2. The summed E-state index contributed by atoms with van der Waals surface area (Å²) in [6.45, 7) is 7.28. The van der Waals surface area contributed by atoms with Gasteiger partial charge in [-0.2, -0.15) is 0 Å². The number of halogens is 1. The van der Waals surface area contributed by atoms with Crippen molar-refractivity contribution in [2.24, 2.45) is 5.73 Å². The van der Waals surface area contributed by atoms with E-state index in [4.69, 9.17) is 15.2 Å². The third-order valence-corrected chi connectivity index (χ3v) is 6.49. The lowest BCUT2D eigenvalue weighted by atomic mass is 9.74. The average molecular weight is 448 g/mol. The van der Waals surface area contributed by atoms with Crippen molar-refractivity contribution >= 4 is 17.8 Å². The Labute approximate surface area is 186 Å². The fourth-order valence-corrected chi connectivity index (χ4v) is 5.00. The summed E-state index contributed by atoms with van der Waals surface area (Å²) < 4.78 is 26.5. The number of nitrogens with zero attached hydrogens (tertiary/aromatic N) is 1. The second-order valence-electron chi connectivity index (χ2n) is 9.88. The van der Waals surface area contributed by atoms with Gasteiger partial charge in [0.25, 0.3) is 5.91 Å². The molecule has 1 aromatic carbocycles. The molecule has 2 amide bonds. The molecule has 1 fully saturated rings. The Kier molecular flexibility index (Phi) is 5.65. The highest BCUT2D eigenvalue weighted by Gasteiger charge is 2.48. The molecule has 3 heterocycles. The SMILES string of the molecule is CC(C)(C)OC(=O)CC[C@@H](C(N)=O)N1Cc2c(cc(F)c3c2OCC32CCNCC2)C1=O. The molecule has 1 spiro atoms. The lowest BCUT2D eigenvalue weighted by molar-refractivity contribution is -0.155. The first-order valence-electron chi connectivity index (χ1n) is 11.0. The van der Waals surface area contributed by atoms with Crippen LogP contribution in [0.25, 0.3) is 0 Å². The normalized spacial score (nSPS) is 20.0. The Hall–Kier alpha value is -2.68. The number of hydrogen-bond donors (Lipinski definition) is 2. The van der Waals surface area contributed by atoms with Gasteiger partial charge in [0.1, 0.15) is 23.2 Å². The smallest absolute Gasteiger partial charge is 0.306 e. The number of carbonyl (C=O) groups is 3. The van der Waals surface area contributed by atoms with Crippen molar-refractivity contribution in [3.63, 3.8) is 0 Å². The lowest BCUT2D eigenvalue weighted by Gasteiger charge is -2.32. The van der Waals surface area contributed by atoms with Gasteiger partial charge in [0.05, 0.1) is 18.7 Å². The largest absolute Gasteiger partial charge is 0.492 e. The van der Waals surface area contributed by atoms with E-state index in [0.717, 1.165) is 25.9 Å². The van der Waals surface area contributed by atoms with Gasteiger partial charge in [0.15, 0.2) is 0 Å². The Morgan fingerprint density at radius 2 is 2.03 bits per heavy atom. The number of esters is 1. The van der Waals surface area contributed by atoms with Crippen LogP contribution in [-0.2, 0) is 26.3 Å². The van der Waals surface area contributed by atoms with Crippen molar-refractivity contribution in [1.29, 1.82) is 0 Å². The molecule has 3 aliphatic rings. The summed E-state index contributed by atoms with van der Waals surface area (Å²) >= 11 is 0. The molecule has 9 heteroatoms. The van der Waals surface area contributed by atoms with Crippen molar-refractivity contribution in [2.75, 3.05) is 19.7 Å². The van der Waals surface area contributed by atoms with Crippen molar-refractivity contribution in [2.45, 2.75) is 70.1 Å². The lowest BCUT2D eigenvalue weighted by Crippen LogP contribution is -2.45. The fourth-order valence-electron chi connectivity index (χ4n) is 5.00. The maximum atomic E-state index is 15.2. The van der Waals surface area contributed by atoms with Gasteiger partial charge in [-0.1, -0.05) is 0 Å². The molecule has 8 nitrogen and oxygen atoms in total. The van der Waals surface area contributed by atoms with Gasteiger partial charge in [-0.05, 0) is 59.2 Å². The van der Waals surface area contributed by atoms with Gasteiger partial charge in [-0.15, -0.1) is 0 Å². The van der Waals surface area contributed by atoms with Gasteiger partial charge in [-0.25, -0.2) is 4.39 Å². The number of fused-ring (bicyclic) bond motifs is 4. The zero-order valence-electron chi connectivity index (χ0n) is 18.8. The van der Waals surface area contributed by atoms with Gasteiger partial charge in [0.2, 0.25) is 5.91 Å². The Balaban J connectivity index is 1.58. The van der Waals surface area contributed by atoms with E-state index in [9.17, 15) is 14.4 Å². The van der Waals surface area contributed by atoms with Crippen LogP contribution in [0.2, 0.25) is 0 Å². The second kappa shape index (κ2) is 8.03. The number of benzene rings is 1. The van der Waals surface area contributed by atoms with Crippen molar-refractivity contribution < 1.29 is 28.2 Å². The molecule has 1 atom stereocenters. The number of ether oxygens (including phenoxy) is 2. The molecule has 3 N–H and O–H groups in total. The van der Waals surface area contributed by atoms with Gasteiger partial charge in [-0.3, -0.25) is 14.4 Å². The minimum atomic E-state index is -1.00. The predicted molar refractivity (Wildman–Crippen MR) is 114 cm³/mol. The summed E-state index contributed by atoms with van der Waals surface area (Å²) in [7, 11) is 0. The highest BCUT2D eigenvalue weighted by molar-refractivity contribution is 6.02. The van der Waals surface area contributed by atoms with Crippen LogP contribution >= 0.6 is 0 Å². The second-order valence-corrected chi connectivity index (χ2v) is 9.88. The van der Waals surface area contributed by atoms with E-state index in [1.807, 2.05) is 0 Å². The molecular weight excluding hydrogens is 417 g/mol. The molecule has 174 valence electrons. The summed E-state index contributed by atoms with van der Waals surface area (Å²) in [5.41, 5.74) is 5.86. The van der Waals surface area contributed by atoms with Crippen LogP contribution in [0.15, 0.2) is 6.07 Å². The summed E-state index contributed by atoms with van der Waals surface area (Å²) in [4.78, 5) is 38.7. The first-order valence-corrected chi connectivity index (χ1v) is 11.0. The van der Waals surface area contributed by atoms with Crippen LogP contribution in [0, 0.1) is 5.82 Å². The Bertz CT molecular complexity index is 965. The van der Waals surface area contributed by atoms with E-state index in [2.05, 4.69) is 5.32 Å². The topological polar surface area (TPSA) is 111 Å². The summed E-state index contributed by atoms with van der Waals surface area (Å²) in [5.74, 6) is -1.70. The standard InChI is InChI=1S/C23H30FN3O5/c1-22(2,3)32-17(28)5-4-16(20(25)29)27-11-14-13(21(27)30)10-15(24)18-19(14)31-12-23(18)6-8-26-9-7-23/h10,16,26H,4-9,11-12H2,1-3H3,(H2,25,29)/t16-/m0/s1. The number of nitrogens with two attached hydrogens (primary N) is 1. The molecular formula is C23H30FN3O5. The number of rotatable bonds is 5. The molecule has 1 saturated heterocycles. The molecule has 32 heavy (non-hydrogen) atoms. The van der Waals surface area contributed by atoms with Gasteiger partial charge >= 0.3 is 5.97 Å². The Morgan fingerprint density at radius 3 is 2.66 bits per heavy atom. The highest BCUT2D eigenvalue weighted by atomic mass is 19.1. The number of piperidine rings is 1. The number of carbonyl (C=O) groups excluding carboxylic acids is 3. The highest BCUT2D eigenvalue weighted by Crippen LogP contribution is 2.50. The molecule has 0 radical (unpaired) electrons. The molecule has 3 aliphatic heterocycles. The maximum absolute atomic E-state index is 15.2. The molecule has 4 rings (SSSR count). The van der Waals surface area contributed by atoms with Crippen LogP contribution in [0.4, 0.5) is 4.39 Å². The van der Waals surface area contributed by atoms with E-state index in [1.165, 1.54) is 11.0 Å². The van der Waals surface area contributed by atoms with Crippen molar-refractivity contribution in [3.05, 3.63) is 28.6 Å².